The van der Waals surface area contributed by atoms with E-state index in [-0.39, 0.29) is 5.91 Å². The Bertz CT molecular complexity index is 807. The van der Waals surface area contributed by atoms with Gasteiger partial charge in [0.15, 0.2) is 5.75 Å². The van der Waals surface area contributed by atoms with Crippen LogP contribution in [0.4, 0.5) is 0 Å². The van der Waals surface area contributed by atoms with Crippen molar-refractivity contribution in [2.75, 3.05) is 7.05 Å². The quantitative estimate of drug-likeness (QED) is 0.722. The lowest BCUT2D eigenvalue weighted by atomic mass is 10.2. The van der Waals surface area contributed by atoms with Gasteiger partial charge in [-0.25, -0.2) is 0 Å². The Kier molecular flexibility index (Phi) is 4.81. The summed E-state index contributed by atoms with van der Waals surface area (Å²) in [6, 6.07) is 14.8. The van der Waals surface area contributed by atoms with Crippen LogP contribution in [0.5, 0.6) is 11.5 Å². The molecule has 120 valence electrons. The molecule has 0 radical (unpaired) electrons. The highest BCUT2D eigenvalue weighted by Crippen LogP contribution is 2.25. The summed E-state index contributed by atoms with van der Waals surface area (Å²) in [7, 11) is 1.76. The molecule has 0 aliphatic carbocycles. The molecule has 5 heteroatoms. The number of nitrogens with zero attached hydrogens (tertiary/aromatic N) is 3. The smallest absolute Gasteiger partial charge is 0.257 e. The molecule has 0 N–H and O–H groups in total. The first-order valence-electron chi connectivity index (χ1n) is 7.55. The van der Waals surface area contributed by atoms with Gasteiger partial charge in [0.25, 0.3) is 5.91 Å². The molecule has 2 aromatic heterocycles. The zero-order valence-corrected chi connectivity index (χ0v) is 13.3. The van der Waals surface area contributed by atoms with E-state index in [9.17, 15) is 4.79 Å². The summed E-state index contributed by atoms with van der Waals surface area (Å²) in [5, 5.41) is 0. The van der Waals surface area contributed by atoms with Crippen molar-refractivity contribution in [3.63, 3.8) is 0 Å². The highest BCUT2D eigenvalue weighted by molar-refractivity contribution is 5.96. The molecular formula is C19H17N3O2. The third kappa shape index (κ3) is 3.76. The third-order valence-corrected chi connectivity index (χ3v) is 3.50. The van der Waals surface area contributed by atoms with Gasteiger partial charge in [-0.2, -0.15) is 0 Å². The van der Waals surface area contributed by atoms with Gasteiger partial charge in [0.2, 0.25) is 0 Å². The molecule has 1 amide bonds. The summed E-state index contributed by atoms with van der Waals surface area (Å²) in [5.74, 6) is 0.978. The fourth-order valence-corrected chi connectivity index (χ4v) is 2.29. The van der Waals surface area contributed by atoms with E-state index in [0.29, 0.717) is 23.6 Å². The second-order valence-electron chi connectivity index (χ2n) is 5.30. The van der Waals surface area contributed by atoms with Gasteiger partial charge >= 0.3 is 0 Å². The van der Waals surface area contributed by atoms with Gasteiger partial charge in [-0.3, -0.25) is 14.8 Å². The Morgan fingerprint density at radius 1 is 1.00 bits per heavy atom. The number of amides is 1. The second kappa shape index (κ2) is 7.37. The highest BCUT2D eigenvalue weighted by Gasteiger charge is 2.17. The number of para-hydroxylation sites is 1. The third-order valence-electron chi connectivity index (χ3n) is 3.50. The average Bonchev–Trinajstić information content (AvgIpc) is 2.63. The predicted molar refractivity (Wildman–Crippen MR) is 90.8 cm³/mol. The maximum absolute atomic E-state index is 12.8. The number of hydrogen-bond donors (Lipinski definition) is 0. The van der Waals surface area contributed by atoms with Crippen LogP contribution in [0, 0.1) is 0 Å². The van der Waals surface area contributed by atoms with Crippen LogP contribution >= 0.6 is 0 Å². The van der Waals surface area contributed by atoms with Crippen LogP contribution in [0.15, 0.2) is 73.3 Å². The first-order valence-corrected chi connectivity index (χ1v) is 7.55. The Balaban J connectivity index is 1.79. The summed E-state index contributed by atoms with van der Waals surface area (Å²) < 4.78 is 5.81. The first-order chi connectivity index (χ1) is 11.7. The Morgan fingerprint density at radius 2 is 1.71 bits per heavy atom. The SMILES string of the molecule is CN(Cc1ccncc1)C(=O)c1ccncc1Oc1ccccc1. The molecule has 1 aromatic carbocycles. The number of carbonyl (C=O) groups excluding carboxylic acids is 1. The van der Waals surface area contributed by atoms with Crippen molar-refractivity contribution in [2.45, 2.75) is 6.54 Å². The van der Waals surface area contributed by atoms with E-state index in [1.807, 2.05) is 42.5 Å². The van der Waals surface area contributed by atoms with Gasteiger partial charge in [0.05, 0.1) is 11.8 Å². The number of rotatable bonds is 5. The highest BCUT2D eigenvalue weighted by atomic mass is 16.5. The topological polar surface area (TPSA) is 55.3 Å². The fraction of sp³-hybridized carbons (Fsp3) is 0.105. The van der Waals surface area contributed by atoms with Gasteiger partial charge < -0.3 is 9.64 Å². The van der Waals surface area contributed by atoms with Crippen LogP contribution in [0.2, 0.25) is 0 Å². The van der Waals surface area contributed by atoms with Gasteiger partial charge in [-0.1, -0.05) is 18.2 Å². The first kappa shape index (κ1) is 15.7. The molecule has 2 heterocycles. The minimum Gasteiger partial charge on any atom is -0.455 e. The van der Waals surface area contributed by atoms with Crippen LogP contribution in [-0.4, -0.2) is 27.8 Å². The summed E-state index contributed by atoms with van der Waals surface area (Å²) in [6.45, 7) is 0.494. The lowest BCUT2D eigenvalue weighted by molar-refractivity contribution is 0.0782. The molecule has 0 spiro atoms. The van der Waals surface area contributed by atoms with Crippen molar-refractivity contribution in [1.82, 2.24) is 14.9 Å². The van der Waals surface area contributed by atoms with Gasteiger partial charge in [0, 0.05) is 32.2 Å². The molecule has 0 saturated carbocycles. The normalized spacial score (nSPS) is 10.2. The van der Waals surface area contributed by atoms with Gasteiger partial charge in [-0.05, 0) is 35.9 Å². The van der Waals surface area contributed by atoms with Crippen molar-refractivity contribution < 1.29 is 9.53 Å². The van der Waals surface area contributed by atoms with Crippen molar-refractivity contribution in [1.29, 1.82) is 0 Å². The van der Waals surface area contributed by atoms with Crippen LogP contribution < -0.4 is 4.74 Å². The molecule has 24 heavy (non-hydrogen) atoms. The molecule has 0 saturated heterocycles. The molecular weight excluding hydrogens is 302 g/mol. The lowest BCUT2D eigenvalue weighted by Crippen LogP contribution is -2.26. The van der Waals surface area contributed by atoms with Crippen LogP contribution in [-0.2, 0) is 6.54 Å². The Morgan fingerprint density at radius 3 is 2.46 bits per heavy atom. The molecule has 5 nitrogen and oxygen atoms in total. The number of aromatic nitrogens is 2. The van der Waals surface area contributed by atoms with Crippen molar-refractivity contribution in [3.8, 4) is 11.5 Å². The molecule has 0 unspecified atom stereocenters. The summed E-state index contributed by atoms with van der Waals surface area (Å²) >= 11 is 0. The standard InChI is InChI=1S/C19H17N3O2/c1-22(14-15-7-10-20-11-8-15)19(23)17-9-12-21-13-18(17)24-16-5-3-2-4-6-16/h2-13H,14H2,1H3. The van der Waals surface area contributed by atoms with Gasteiger partial charge in [-0.15, -0.1) is 0 Å². The predicted octanol–water partition coefficient (Wildman–Crippen LogP) is 3.54. The number of hydrogen-bond acceptors (Lipinski definition) is 4. The van der Waals surface area contributed by atoms with Crippen LogP contribution in [0.1, 0.15) is 15.9 Å². The van der Waals surface area contributed by atoms with E-state index in [2.05, 4.69) is 9.97 Å². The number of pyridine rings is 2. The van der Waals surface area contributed by atoms with Crippen LogP contribution in [0.25, 0.3) is 0 Å². The number of ether oxygens (including phenoxy) is 1. The Labute approximate surface area is 140 Å². The minimum atomic E-state index is -0.125. The van der Waals surface area contributed by atoms with E-state index >= 15 is 0 Å². The molecule has 0 bridgehead atoms. The zero-order chi connectivity index (χ0) is 16.8. The summed E-state index contributed by atoms with van der Waals surface area (Å²) in [6.07, 6.45) is 6.57. The fourth-order valence-electron chi connectivity index (χ4n) is 2.29. The summed E-state index contributed by atoms with van der Waals surface area (Å²) in [5.41, 5.74) is 1.49. The number of benzene rings is 1. The van der Waals surface area contributed by atoms with Crippen LogP contribution in [0.3, 0.4) is 0 Å². The monoisotopic (exact) mass is 319 g/mol. The van der Waals surface area contributed by atoms with Crippen molar-refractivity contribution in [2.24, 2.45) is 0 Å². The Hall–Kier alpha value is -3.21. The minimum absolute atomic E-state index is 0.125. The largest absolute Gasteiger partial charge is 0.455 e. The van der Waals surface area contributed by atoms with E-state index < -0.39 is 0 Å². The van der Waals surface area contributed by atoms with E-state index in [1.165, 1.54) is 0 Å². The number of carbonyl (C=O) groups is 1. The molecule has 3 aromatic rings. The maximum Gasteiger partial charge on any atom is 0.257 e. The molecule has 0 aliphatic rings. The zero-order valence-electron chi connectivity index (χ0n) is 13.3. The van der Waals surface area contributed by atoms with Crippen molar-refractivity contribution in [3.05, 3.63) is 84.4 Å². The van der Waals surface area contributed by atoms with Gasteiger partial charge in [0.1, 0.15) is 5.75 Å². The van der Waals surface area contributed by atoms with E-state index in [0.717, 1.165) is 5.56 Å². The molecule has 0 atom stereocenters. The molecule has 0 fully saturated rings. The lowest BCUT2D eigenvalue weighted by Gasteiger charge is -2.19. The van der Waals surface area contributed by atoms with E-state index in [4.69, 9.17) is 4.74 Å². The molecule has 0 aliphatic heterocycles. The van der Waals surface area contributed by atoms with E-state index in [1.54, 1.807) is 42.8 Å². The summed E-state index contributed by atoms with van der Waals surface area (Å²) in [4.78, 5) is 22.5. The van der Waals surface area contributed by atoms with Crippen molar-refractivity contribution >= 4 is 5.91 Å². The average molecular weight is 319 g/mol. The second-order valence-corrected chi connectivity index (χ2v) is 5.30. The molecule has 3 rings (SSSR count). The maximum atomic E-state index is 12.8.